The van der Waals surface area contributed by atoms with Crippen molar-refractivity contribution >= 4 is 17.2 Å². The van der Waals surface area contributed by atoms with Crippen molar-refractivity contribution < 1.29 is 9.90 Å². The van der Waals surface area contributed by atoms with Crippen LogP contribution in [-0.2, 0) is 19.9 Å². The summed E-state index contributed by atoms with van der Waals surface area (Å²) < 4.78 is 1.72. The van der Waals surface area contributed by atoms with Crippen LogP contribution in [0.4, 0.5) is 0 Å². The van der Waals surface area contributed by atoms with E-state index in [4.69, 9.17) is 5.73 Å². The molecule has 18 heavy (non-hydrogen) atoms. The number of hydrogen-bond acceptors (Lipinski definition) is 4. The zero-order valence-corrected chi connectivity index (χ0v) is 17.1. The number of carbonyl (C=O) groups is 1. The Kier molecular flexibility index (Phi) is 2.33. The maximum Gasteiger partial charge on any atom is 0.259 e. The van der Waals surface area contributed by atoms with Gasteiger partial charge in [-0.05, 0) is 24.0 Å². The SMILES string of the molecule is Cn1cc2c(n1)-c1c(O)sc(C(N)=O)c1CC2.[Rf]. The molecule has 1 aliphatic rings. The van der Waals surface area contributed by atoms with E-state index in [1.165, 1.54) is 0 Å². The first-order valence-corrected chi connectivity index (χ1v) is 6.07. The first kappa shape index (κ1) is 11.7. The quantitative estimate of drug-likeness (QED) is 0.595. The van der Waals surface area contributed by atoms with Gasteiger partial charge in [-0.2, -0.15) is 5.10 Å². The normalized spacial score (nSPS) is 12.5. The fourth-order valence-electron chi connectivity index (χ4n) is 2.32. The van der Waals surface area contributed by atoms with Crippen LogP contribution in [0.15, 0.2) is 6.20 Å². The maximum absolute atomic E-state index is 11.3. The summed E-state index contributed by atoms with van der Waals surface area (Å²) in [6.45, 7) is 0. The predicted octanol–water partition coefficient (Wildman–Crippen LogP) is 1.05. The van der Waals surface area contributed by atoms with Crippen LogP contribution < -0.4 is 5.73 Å². The van der Waals surface area contributed by atoms with Gasteiger partial charge >= 0.3 is 0 Å². The molecule has 2 aromatic heterocycles. The predicted molar refractivity (Wildman–Crippen MR) is 64.1 cm³/mol. The summed E-state index contributed by atoms with van der Waals surface area (Å²) in [4.78, 5) is 11.8. The van der Waals surface area contributed by atoms with Crippen LogP contribution in [0, 0.1) is 0 Å². The van der Waals surface area contributed by atoms with Crippen molar-refractivity contribution in [1.29, 1.82) is 0 Å². The van der Waals surface area contributed by atoms with Gasteiger partial charge in [0.25, 0.3) is 5.91 Å². The van der Waals surface area contributed by atoms with Crippen LogP contribution in [0.25, 0.3) is 11.3 Å². The number of aromatic hydroxyl groups is 1. The summed E-state index contributed by atoms with van der Waals surface area (Å²) in [6, 6.07) is 0. The number of primary amides is 1. The van der Waals surface area contributed by atoms with Gasteiger partial charge in [-0.25, -0.2) is 0 Å². The van der Waals surface area contributed by atoms with Crippen LogP contribution in [0.1, 0.15) is 20.8 Å². The van der Waals surface area contributed by atoms with E-state index in [2.05, 4.69) is 5.10 Å². The van der Waals surface area contributed by atoms with Gasteiger partial charge in [-0.3, -0.25) is 9.48 Å². The van der Waals surface area contributed by atoms with Crippen LogP contribution >= 0.6 is 11.3 Å². The molecule has 0 aromatic carbocycles. The molecule has 1 aliphatic carbocycles. The van der Waals surface area contributed by atoms with E-state index < -0.39 is 5.91 Å². The molecule has 2 heterocycles. The van der Waals surface area contributed by atoms with E-state index in [0.29, 0.717) is 10.4 Å². The van der Waals surface area contributed by atoms with E-state index in [9.17, 15) is 9.90 Å². The summed E-state index contributed by atoms with van der Waals surface area (Å²) in [5.74, 6) is -0.481. The molecule has 1 amide bonds. The summed E-state index contributed by atoms with van der Waals surface area (Å²) in [5.41, 5.74) is 8.71. The Labute approximate surface area is 101 Å². The van der Waals surface area contributed by atoms with Gasteiger partial charge in [0, 0.05) is 13.2 Å². The number of hydrogen-bond donors (Lipinski definition) is 2. The second-order valence-electron chi connectivity index (χ2n) is 4.13. The van der Waals surface area contributed by atoms with Gasteiger partial charge in [0.2, 0.25) is 0 Å². The molecule has 2 aromatic rings. The second kappa shape index (κ2) is 3.59. The van der Waals surface area contributed by atoms with E-state index >= 15 is 0 Å². The number of amides is 1. The molecule has 3 rings (SSSR count). The van der Waals surface area contributed by atoms with Crippen molar-refractivity contribution in [3.63, 3.8) is 0 Å². The van der Waals surface area contributed by atoms with Crippen molar-refractivity contribution in [3.8, 4) is 16.3 Å². The minimum absolute atomic E-state index is 0. The summed E-state index contributed by atoms with van der Waals surface area (Å²) in [6.07, 6.45) is 3.50. The average Bonchev–Trinajstić information content (AvgIpc) is 2.77. The van der Waals surface area contributed by atoms with E-state index in [0.717, 1.165) is 41.0 Å². The molecule has 0 aliphatic heterocycles. The van der Waals surface area contributed by atoms with Gasteiger partial charge in [-0.15, -0.1) is 0 Å². The molecule has 0 atom stereocenters. The van der Waals surface area contributed by atoms with Gasteiger partial charge in [0.05, 0.1) is 10.4 Å². The van der Waals surface area contributed by atoms with Crippen molar-refractivity contribution in [2.75, 3.05) is 0 Å². The van der Waals surface area contributed by atoms with Gasteiger partial charge in [0.15, 0.2) is 5.06 Å². The van der Waals surface area contributed by atoms with Crippen molar-refractivity contribution in [3.05, 3.63) is 22.2 Å². The van der Waals surface area contributed by atoms with Crippen LogP contribution in [0.5, 0.6) is 5.06 Å². The van der Waals surface area contributed by atoms with Crippen molar-refractivity contribution in [2.24, 2.45) is 12.8 Å². The Morgan fingerprint density at radius 3 is 2.94 bits per heavy atom. The molecule has 0 fully saturated rings. The molecule has 0 unspecified atom stereocenters. The van der Waals surface area contributed by atoms with Crippen molar-refractivity contribution in [2.45, 2.75) is 12.8 Å². The number of thiophene rings is 1. The zero-order valence-electron chi connectivity index (χ0n) is 9.93. The fourth-order valence-corrected chi connectivity index (χ4v) is 3.27. The third kappa shape index (κ3) is 1.34. The minimum Gasteiger partial charge on any atom is -0.499 e. The molecule has 0 saturated carbocycles. The standard InChI is InChI=1S/C11H11N3O2S.Rf/c1-14-4-5-2-3-6-7(8(5)13-14)11(16)17-9(6)10(12)15;/h4,16H,2-3H2,1H3,(H2,12,15);. The minimum atomic E-state index is -0.481. The molecule has 90 valence electrons. The molecule has 0 radical (unpaired) electrons. The molecular weight excluding hydrogens is 505 g/mol. The summed E-state index contributed by atoms with van der Waals surface area (Å²) >= 11 is 1.04. The molecule has 0 bridgehead atoms. The van der Waals surface area contributed by atoms with E-state index in [-0.39, 0.29) is 5.06 Å². The van der Waals surface area contributed by atoms with Gasteiger partial charge in [0.1, 0.15) is 5.69 Å². The Balaban J connectivity index is 0.00000120. The van der Waals surface area contributed by atoms with Gasteiger partial charge in [-0.1, -0.05) is 11.3 Å². The van der Waals surface area contributed by atoms with E-state index in [1.54, 1.807) is 4.68 Å². The second-order valence-corrected chi connectivity index (χ2v) is 5.13. The van der Waals surface area contributed by atoms with Crippen molar-refractivity contribution in [1.82, 2.24) is 9.78 Å². The largest absolute Gasteiger partial charge is 0.499 e. The number of fused-ring (bicyclic) bond motifs is 3. The molecule has 0 saturated heterocycles. The third-order valence-corrected chi connectivity index (χ3v) is 4.05. The van der Waals surface area contributed by atoms with Gasteiger partial charge < -0.3 is 10.8 Å². The summed E-state index contributed by atoms with van der Waals surface area (Å²) in [7, 11) is 1.84. The third-order valence-electron chi connectivity index (χ3n) is 3.00. The maximum atomic E-state index is 11.3. The Hall–Kier alpha value is -2.82. The fraction of sp³-hybridized carbons (Fsp3) is 0.273. The first-order valence-electron chi connectivity index (χ1n) is 5.25. The number of nitrogens with zero attached hydrogens (tertiary/aromatic N) is 2. The average molecular weight is 516 g/mol. The number of aromatic nitrogens is 2. The number of rotatable bonds is 1. The van der Waals surface area contributed by atoms with Crippen LogP contribution in [-0.4, -0.2) is 20.8 Å². The smallest absolute Gasteiger partial charge is 0.259 e. The number of aryl methyl sites for hydroxylation is 2. The molecule has 3 N–H and O–H groups in total. The monoisotopic (exact) mass is 516 g/mol. The summed E-state index contributed by atoms with van der Waals surface area (Å²) in [5, 5.41) is 14.4. The topological polar surface area (TPSA) is 81.1 Å². The molecule has 0 spiro atoms. The zero-order chi connectivity index (χ0) is 12.2. The number of nitrogens with two attached hydrogens (primary N) is 1. The number of carbonyl (C=O) groups excluding carboxylic acids is 1. The Morgan fingerprint density at radius 1 is 1.56 bits per heavy atom. The van der Waals surface area contributed by atoms with Crippen LogP contribution in [0.2, 0.25) is 0 Å². The Morgan fingerprint density at radius 2 is 2.28 bits per heavy atom. The molecular formula is C11H11N3O2RfS. The molecule has 7 heteroatoms. The van der Waals surface area contributed by atoms with Crippen LogP contribution in [0.3, 0.4) is 0 Å². The van der Waals surface area contributed by atoms with E-state index in [1.807, 2.05) is 13.2 Å². The first-order chi connectivity index (χ1) is 8.08. The molecule has 5 nitrogen and oxygen atoms in total. The Bertz CT molecular complexity index is 633.